The summed E-state index contributed by atoms with van der Waals surface area (Å²) in [6.07, 6.45) is 0.222. The summed E-state index contributed by atoms with van der Waals surface area (Å²) in [5.41, 5.74) is 1.79. The number of amides is 2. The average Bonchev–Trinajstić information content (AvgIpc) is 2.99. The minimum absolute atomic E-state index is 0.00108. The average molecular weight is 683 g/mol. The third-order valence-electron chi connectivity index (χ3n) is 6.73. The van der Waals surface area contributed by atoms with Crippen molar-refractivity contribution in [2.75, 3.05) is 10.8 Å². The highest BCUT2D eigenvalue weighted by Crippen LogP contribution is 2.27. The van der Waals surface area contributed by atoms with Gasteiger partial charge in [-0.15, -0.1) is 0 Å². The van der Waals surface area contributed by atoms with Crippen LogP contribution in [0.1, 0.15) is 25.0 Å². The number of nitrogens with zero attached hydrogens (tertiary/aromatic N) is 2. The van der Waals surface area contributed by atoms with Crippen LogP contribution in [-0.4, -0.2) is 43.8 Å². The van der Waals surface area contributed by atoms with Gasteiger partial charge in [-0.25, -0.2) is 8.42 Å². The maximum Gasteiger partial charge on any atom is 0.264 e. The van der Waals surface area contributed by atoms with Crippen molar-refractivity contribution < 1.29 is 18.0 Å². The Balaban J connectivity index is 1.80. The highest BCUT2D eigenvalue weighted by atomic mass is 79.9. The summed E-state index contributed by atoms with van der Waals surface area (Å²) in [6.45, 7) is 3.16. The first-order chi connectivity index (χ1) is 20.6. The van der Waals surface area contributed by atoms with E-state index in [1.54, 1.807) is 66.7 Å². The molecule has 43 heavy (non-hydrogen) atoms. The zero-order valence-corrected chi connectivity index (χ0v) is 27.0. The van der Waals surface area contributed by atoms with Gasteiger partial charge in [0.25, 0.3) is 10.0 Å². The number of carbonyl (C=O) groups is 2. The Hall–Kier alpha value is -3.66. The molecule has 4 aromatic rings. The van der Waals surface area contributed by atoms with E-state index in [0.29, 0.717) is 16.3 Å². The van der Waals surface area contributed by atoms with Crippen LogP contribution in [0.15, 0.2) is 119 Å². The molecule has 0 fully saturated rings. The van der Waals surface area contributed by atoms with Crippen molar-refractivity contribution in [3.8, 4) is 0 Å². The molecule has 0 aliphatic rings. The number of nitrogens with one attached hydrogen (secondary N) is 1. The Bertz CT molecular complexity index is 1640. The van der Waals surface area contributed by atoms with Crippen LogP contribution in [0, 0.1) is 0 Å². The van der Waals surface area contributed by atoms with Crippen LogP contribution < -0.4 is 9.62 Å². The van der Waals surface area contributed by atoms with E-state index in [1.807, 2.05) is 44.2 Å². The van der Waals surface area contributed by atoms with Crippen LogP contribution in [-0.2, 0) is 32.6 Å². The van der Waals surface area contributed by atoms with E-state index >= 15 is 0 Å². The van der Waals surface area contributed by atoms with Crippen LogP contribution in [0.25, 0.3) is 0 Å². The molecule has 0 saturated heterocycles. The number of carbonyl (C=O) groups excluding carboxylic acids is 2. The van der Waals surface area contributed by atoms with Crippen molar-refractivity contribution >= 4 is 55.1 Å². The first-order valence-electron chi connectivity index (χ1n) is 13.8. The number of sulfonamides is 1. The molecular weight excluding hydrogens is 650 g/mol. The van der Waals surface area contributed by atoms with Gasteiger partial charge in [0, 0.05) is 28.5 Å². The predicted molar refractivity (Wildman–Crippen MR) is 174 cm³/mol. The van der Waals surface area contributed by atoms with Gasteiger partial charge in [-0.2, -0.15) is 0 Å². The lowest BCUT2D eigenvalue weighted by atomic mass is 10.0. The number of hydrogen-bond acceptors (Lipinski definition) is 4. The van der Waals surface area contributed by atoms with E-state index in [9.17, 15) is 18.0 Å². The predicted octanol–water partition coefficient (Wildman–Crippen LogP) is 6.46. The second-order valence-corrected chi connectivity index (χ2v) is 13.5. The lowest BCUT2D eigenvalue weighted by Gasteiger charge is -2.34. The molecule has 0 aromatic heterocycles. The summed E-state index contributed by atoms with van der Waals surface area (Å²) in [6, 6.07) is 30.0. The minimum atomic E-state index is -4.16. The molecule has 4 rings (SSSR count). The SMILES string of the molecule is CC(C)NC(=O)[C@H](Cc1ccccc1)N(Cc1ccccc1Cl)C(=O)CN(c1ccc(Br)cc1)S(=O)(=O)c1ccccc1. The Morgan fingerprint density at radius 1 is 0.837 bits per heavy atom. The zero-order chi connectivity index (χ0) is 31.0. The second kappa shape index (κ2) is 14.7. The molecule has 7 nitrogen and oxygen atoms in total. The molecular formula is C33H33BrClN3O4S. The summed E-state index contributed by atoms with van der Waals surface area (Å²) in [4.78, 5) is 29.6. The molecule has 0 saturated carbocycles. The fourth-order valence-electron chi connectivity index (χ4n) is 4.60. The van der Waals surface area contributed by atoms with Gasteiger partial charge in [-0.3, -0.25) is 13.9 Å². The molecule has 0 unspecified atom stereocenters. The molecule has 0 radical (unpaired) electrons. The molecule has 2 amide bonds. The molecule has 4 aromatic carbocycles. The summed E-state index contributed by atoms with van der Waals surface area (Å²) < 4.78 is 29.8. The van der Waals surface area contributed by atoms with Crippen LogP contribution in [0.2, 0.25) is 5.02 Å². The van der Waals surface area contributed by atoms with Crippen molar-refractivity contribution in [1.82, 2.24) is 10.2 Å². The van der Waals surface area contributed by atoms with Gasteiger partial charge < -0.3 is 10.2 Å². The molecule has 0 spiro atoms. The van der Waals surface area contributed by atoms with Gasteiger partial charge in [0.05, 0.1) is 10.6 Å². The number of benzene rings is 4. The molecule has 1 atom stereocenters. The van der Waals surface area contributed by atoms with E-state index in [4.69, 9.17) is 11.6 Å². The van der Waals surface area contributed by atoms with Gasteiger partial charge >= 0.3 is 0 Å². The Morgan fingerprint density at radius 2 is 1.42 bits per heavy atom. The van der Waals surface area contributed by atoms with Crippen molar-refractivity contribution in [3.05, 3.63) is 130 Å². The first kappa shape index (κ1) is 32.3. The van der Waals surface area contributed by atoms with E-state index in [1.165, 1.54) is 17.0 Å². The van der Waals surface area contributed by atoms with Gasteiger partial charge in [0.2, 0.25) is 11.8 Å². The molecule has 0 bridgehead atoms. The third kappa shape index (κ3) is 8.46. The number of anilines is 1. The monoisotopic (exact) mass is 681 g/mol. The van der Waals surface area contributed by atoms with Crippen LogP contribution in [0.3, 0.4) is 0 Å². The summed E-state index contributed by atoms with van der Waals surface area (Å²) in [5, 5.41) is 3.38. The zero-order valence-electron chi connectivity index (χ0n) is 23.9. The van der Waals surface area contributed by atoms with E-state index in [-0.39, 0.29) is 29.8 Å². The lowest BCUT2D eigenvalue weighted by Crippen LogP contribution is -2.54. The van der Waals surface area contributed by atoms with E-state index in [0.717, 1.165) is 14.3 Å². The molecule has 224 valence electrons. The maximum absolute atomic E-state index is 14.4. The second-order valence-electron chi connectivity index (χ2n) is 10.3. The normalized spacial score (nSPS) is 12.0. The summed E-state index contributed by atoms with van der Waals surface area (Å²) >= 11 is 9.92. The quantitative estimate of drug-likeness (QED) is 0.186. The van der Waals surface area contributed by atoms with Crippen molar-refractivity contribution in [3.63, 3.8) is 0 Å². The standard InChI is InChI=1S/C33H33BrClN3O4S/c1-24(2)36-33(40)31(21-25-11-5-3-6-12-25)37(22-26-13-9-10-16-30(26)35)32(39)23-38(28-19-17-27(34)18-20-28)43(41,42)29-14-7-4-8-15-29/h3-20,24,31H,21-23H2,1-2H3,(H,36,40)/t31-/m0/s1. The first-order valence-corrected chi connectivity index (χ1v) is 16.4. The minimum Gasteiger partial charge on any atom is -0.352 e. The highest BCUT2D eigenvalue weighted by Gasteiger charge is 2.35. The van der Waals surface area contributed by atoms with Crippen molar-refractivity contribution in [2.24, 2.45) is 0 Å². The van der Waals surface area contributed by atoms with Crippen molar-refractivity contribution in [2.45, 2.75) is 43.8 Å². The maximum atomic E-state index is 14.4. The molecule has 0 heterocycles. The van der Waals surface area contributed by atoms with Crippen LogP contribution in [0.4, 0.5) is 5.69 Å². The summed E-state index contributed by atoms with van der Waals surface area (Å²) in [7, 11) is -4.16. The summed E-state index contributed by atoms with van der Waals surface area (Å²) in [5.74, 6) is -0.900. The van der Waals surface area contributed by atoms with E-state index in [2.05, 4.69) is 21.2 Å². The molecule has 0 aliphatic heterocycles. The smallest absolute Gasteiger partial charge is 0.264 e. The van der Waals surface area contributed by atoms with Gasteiger partial charge in [0.15, 0.2) is 0 Å². The fourth-order valence-corrected chi connectivity index (χ4v) is 6.50. The number of hydrogen-bond donors (Lipinski definition) is 1. The fraction of sp³-hybridized carbons (Fsp3) is 0.212. The van der Waals surface area contributed by atoms with Crippen molar-refractivity contribution in [1.29, 1.82) is 0 Å². The largest absolute Gasteiger partial charge is 0.352 e. The lowest BCUT2D eigenvalue weighted by molar-refractivity contribution is -0.140. The highest BCUT2D eigenvalue weighted by molar-refractivity contribution is 9.10. The van der Waals surface area contributed by atoms with Gasteiger partial charge in [-0.1, -0.05) is 94.3 Å². The van der Waals surface area contributed by atoms with Crippen LogP contribution in [0.5, 0.6) is 0 Å². The third-order valence-corrected chi connectivity index (χ3v) is 9.41. The Morgan fingerprint density at radius 3 is 2.02 bits per heavy atom. The molecule has 0 aliphatic carbocycles. The van der Waals surface area contributed by atoms with Crippen LogP contribution >= 0.6 is 27.5 Å². The number of halogens is 2. The van der Waals surface area contributed by atoms with Gasteiger partial charge in [0.1, 0.15) is 12.6 Å². The molecule has 1 N–H and O–H groups in total. The van der Waals surface area contributed by atoms with Gasteiger partial charge in [-0.05, 0) is 67.4 Å². The topological polar surface area (TPSA) is 86.8 Å². The molecule has 10 heteroatoms. The Kier molecular flexibility index (Phi) is 11.0. The number of rotatable bonds is 12. The van der Waals surface area contributed by atoms with E-state index < -0.39 is 28.5 Å². The Labute approximate surface area is 266 Å².